The van der Waals surface area contributed by atoms with Crippen LogP contribution in [0.4, 0.5) is 14.5 Å². The molecule has 2 aliphatic rings. The van der Waals surface area contributed by atoms with Crippen molar-refractivity contribution < 1.29 is 13.5 Å². The van der Waals surface area contributed by atoms with Crippen molar-refractivity contribution in [2.45, 2.75) is 44.7 Å². The zero-order valence-electron chi connectivity index (χ0n) is 13.6. The highest BCUT2D eigenvalue weighted by Crippen LogP contribution is 2.41. The first kappa shape index (κ1) is 16.5. The van der Waals surface area contributed by atoms with Crippen LogP contribution in [0.2, 0.25) is 0 Å². The van der Waals surface area contributed by atoms with E-state index in [4.69, 9.17) is 16.2 Å². The van der Waals surface area contributed by atoms with Gasteiger partial charge in [0.05, 0.1) is 12.3 Å². The van der Waals surface area contributed by atoms with E-state index >= 15 is 0 Å². The predicted molar refractivity (Wildman–Crippen MR) is 89.1 cm³/mol. The van der Waals surface area contributed by atoms with Crippen LogP contribution < -0.4 is 21.1 Å². The largest absolute Gasteiger partial charge is 0.491 e. The maximum absolute atomic E-state index is 14.7. The summed E-state index contributed by atoms with van der Waals surface area (Å²) in [4.78, 5) is 9.86. The predicted octanol–water partition coefficient (Wildman–Crippen LogP) is 2.47. The summed E-state index contributed by atoms with van der Waals surface area (Å²) in [5.41, 5.74) is 11.0. The smallest absolute Gasteiger partial charge is 0.220 e. The van der Waals surface area contributed by atoms with Crippen molar-refractivity contribution in [3.63, 3.8) is 0 Å². The van der Waals surface area contributed by atoms with Crippen LogP contribution in [-0.4, -0.2) is 24.2 Å². The third-order valence-electron chi connectivity index (χ3n) is 4.42. The number of hydrogen-bond donors (Lipinski definition) is 2. The second kappa shape index (κ2) is 6.26. The maximum atomic E-state index is 14.7. The number of benzene rings is 1. The minimum atomic E-state index is -1.05. The van der Waals surface area contributed by atoms with Crippen molar-refractivity contribution in [1.82, 2.24) is 0 Å². The molecule has 1 spiro atoms. The van der Waals surface area contributed by atoms with Crippen LogP contribution in [0.3, 0.4) is 0 Å². The van der Waals surface area contributed by atoms with Crippen LogP contribution in [0.1, 0.15) is 39.0 Å². The van der Waals surface area contributed by atoms with Crippen LogP contribution in [0.15, 0.2) is 22.1 Å². The van der Waals surface area contributed by atoms with Crippen molar-refractivity contribution in [2.24, 2.45) is 21.5 Å². The minimum absolute atomic E-state index is 0.00430. The molecule has 0 saturated heterocycles. The van der Waals surface area contributed by atoms with Gasteiger partial charge in [0.25, 0.3) is 0 Å². The molecule has 1 aliphatic heterocycles. The molecule has 0 aromatic heterocycles. The number of rotatable bonds is 3. The number of nitrogens with zero attached hydrogens (tertiary/aromatic N) is 3. The summed E-state index contributed by atoms with van der Waals surface area (Å²) < 4.78 is 34.1. The molecule has 0 radical (unpaired) electrons. The highest BCUT2D eigenvalue weighted by atomic mass is 19.2. The SMILES string of the molecule is CCOc1ccc(N2C(N)=NC(N)=NC23CCCCC3)c(F)c1F. The molecule has 0 amide bonds. The molecule has 3 rings (SSSR count). The summed E-state index contributed by atoms with van der Waals surface area (Å²) in [6.45, 7) is 1.95. The van der Waals surface area contributed by atoms with E-state index in [1.165, 1.54) is 17.0 Å². The van der Waals surface area contributed by atoms with E-state index in [9.17, 15) is 8.78 Å². The molecule has 4 N–H and O–H groups in total. The molecule has 1 aliphatic carbocycles. The number of halogens is 2. The summed E-state index contributed by atoms with van der Waals surface area (Å²) in [5, 5.41) is 0. The lowest BCUT2D eigenvalue weighted by Gasteiger charge is -2.45. The van der Waals surface area contributed by atoms with E-state index in [1.807, 2.05) is 0 Å². The van der Waals surface area contributed by atoms with Gasteiger partial charge in [-0.3, -0.25) is 4.90 Å². The van der Waals surface area contributed by atoms with Gasteiger partial charge >= 0.3 is 0 Å². The minimum Gasteiger partial charge on any atom is -0.491 e. The lowest BCUT2D eigenvalue weighted by molar-refractivity contribution is 0.299. The fourth-order valence-electron chi connectivity index (χ4n) is 3.43. The fourth-order valence-corrected chi connectivity index (χ4v) is 3.43. The van der Waals surface area contributed by atoms with Gasteiger partial charge in [0.1, 0.15) is 5.66 Å². The van der Waals surface area contributed by atoms with E-state index in [0.29, 0.717) is 12.8 Å². The van der Waals surface area contributed by atoms with Crippen LogP contribution in [0.25, 0.3) is 0 Å². The van der Waals surface area contributed by atoms with Gasteiger partial charge in [-0.05, 0) is 44.7 Å². The van der Waals surface area contributed by atoms with Crippen LogP contribution in [0, 0.1) is 11.6 Å². The van der Waals surface area contributed by atoms with Crippen LogP contribution >= 0.6 is 0 Å². The molecular weight excluding hydrogens is 316 g/mol. The van der Waals surface area contributed by atoms with E-state index in [1.54, 1.807) is 6.92 Å². The summed E-state index contributed by atoms with van der Waals surface area (Å²) in [6, 6.07) is 2.84. The van der Waals surface area contributed by atoms with Crippen molar-refractivity contribution in [1.29, 1.82) is 0 Å². The average molecular weight is 337 g/mol. The third kappa shape index (κ3) is 2.65. The highest BCUT2D eigenvalue weighted by molar-refractivity contribution is 6.05. The van der Waals surface area contributed by atoms with Crippen molar-refractivity contribution >= 4 is 17.6 Å². The maximum Gasteiger partial charge on any atom is 0.220 e. The first-order chi connectivity index (χ1) is 11.5. The Bertz CT molecular complexity index is 698. The molecule has 1 aromatic rings. The zero-order valence-corrected chi connectivity index (χ0v) is 13.6. The Morgan fingerprint density at radius 3 is 2.54 bits per heavy atom. The summed E-state index contributed by atoms with van der Waals surface area (Å²) in [6.07, 6.45) is 4.17. The Hall–Kier alpha value is -2.38. The number of aliphatic imine (C=N–C) groups is 2. The van der Waals surface area contributed by atoms with Gasteiger partial charge in [0, 0.05) is 0 Å². The number of nitrogens with two attached hydrogens (primary N) is 2. The standard InChI is InChI=1S/C16H21F2N5O/c1-2-24-11-7-6-10(12(17)13(11)18)23-15(20)21-14(19)22-16(23)8-4-3-5-9-16/h6-7H,2-5,8-9H2,1H3,(H4,19,20,21,22). The van der Waals surface area contributed by atoms with E-state index in [0.717, 1.165) is 19.3 Å². The van der Waals surface area contributed by atoms with Gasteiger partial charge in [0.15, 0.2) is 11.6 Å². The molecule has 1 saturated carbocycles. The number of guanidine groups is 2. The molecule has 8 heteroatoms. The lowest BCUT2D eigenvalue weighted by Crippen LogP contribution is -2.58. The van der Waals surface area contributed by atoms with Crippen molar-refractivity contribution in [2.75, 3.05) is 11.5 Å². The Kier molecular flexibility index (Phi) is 4.29. The molecule has 1 fully saturated rings. The van der Waals surface area contributed by atoms with Gasteiger partial charge in [-0.2, -0.15) is 9.38 Å². The molecule has 24 heavy (non-hydrogen) atoms. The third-order valence-corrected chi connectivity index (χ3v) is 4.42. The van der Waals surface area contributed by atoms with Gasteiger partial charge in [-0.25, -0.2) is 9.38 Å². The second-order valence-electron chi connectivity index (χ2n) is 5.96. The zero-order chi connectivity index (χ0) is 17.3. The summed E-state index contributed by atoms with van der Waals surface area (Å²) >= 11 is 0. The highest BCUT2D eigenvalue weighted by Gasteiger charge is 2.44. The van der Waals surface area contributed by atoms with Crippen molar-refractivity contribution in [3.05, 3.63) is 23.8 Å². The molecule has 130 valence electrons. The second-order valence-corrected chi connectivity index (χ2v) is 5.96. The molecule has 6 nitrogen and oxygen atoms in total. The normalized spacial score (nSPS) is 19.9. The lowest BCUT2D eigenvalue weighted by atomic mass is 9.87. The fraction of sp³-hybridized carbons (Fsp3) is 0.500. The Labute approximate surface area is 139 Å². The van der Waals surface area contributed by atoms with E-state index < -0.39 is 17.3 Å². The van der Waals surface area contributed by atoms with Gasteiger partial charge in [-0.1, -0.05) is 6.42 Å². The number of anilines is 1. The summed E-state index contributed by atoms with van der Waals surface area (Å²) in [7, 11) is 0. The van der Waals surface area contributed by atoms with Gasteiger partial charge in [-0.15, -0.1) is 0 Å². The number of hydrogen-bond acceptors (Lipinski definition) is 6. The first-order valence-corrected chi connectivity index (χ1v) is 8.09. The first-order valence-electron chi connectivity index (χ1n) is 8.09. The van der Waals surface area contributed by atoms with E-state index in [2.05, 4.69) is 9.98 Å². The number of ether oxygens (including phenoxy) is 1. The Balaban J connectivity index is 2.09. The van der Waals surface area contributed by atoms with Crippen LogP contribution in [0.5, 0.6) is 5.75 Å². The van der Waals surface area contributed by atoms with Gasteiger partial charge in [0.2, 0.25) is 17.7 Å². The van der Waals surface area contributed by atoms with Crippen molar-refractivity contribution in [3.8, 4) is 5.75 Å². The molecule has 0 bridgehead atoms. The van der Waals surface area contributed by atoms with E-state index in [-0.39, 0.29) is 30.0 Å². The monoisotopic (exact) mass is 337 g/mol. The van der Waals surface area contributed by atoms with Gasteiger partial charge < -0.3 is 16.2 Å². The molecule has 0 unspecified atom stereocenters. The average Bonchev–Trinajstić information content (AvgIpc) is 2.54. The Morgan fingerprint density at radius 2 is 1.88 bits per heavy atom. The molecule has 1 aromatic carbocycles. The molecular formula is C16H21F2N5O. The van der Waals surface area contributed by atoms with Crippen LogP contribution in [-0.2, 0) is 0 Å². The molecule has 0 atom stereocenters. The molecule has 1 heterocycles. The Morgan fingerprint density at radius 1 is 1.17 bits per heavy atom. The topological polar surface area (TPSA) is 89.2 Å². The quantitative estimate of drug-likeness (QED) is 0.887. The summed E-state index contributed by atoms with van der Waals surface area (Å²) in [5.74, 6) is -2.12.